The van der Waals surface area contributed by atoms with E-state index in [0.29, 0.717) is 28.2 Å². The van der Waals surface area contributed by atoms with E-state index in [0.717, 1.165) is 5.01 Å². The second-order valence-electron chi connectivity index (χ2n) is 6.90. The van der Waals surface area contributed by atoms with E-state index in [1.54, 1.807) is 24.3 Å². The van der Waals surface area contributed by atoms with Crippen LogP contribution in [0.15, 0.2) is 77.9 Å². The average Bonchev–Trinajstić information content (AvgIpc) is 3.12. The van der Waals surface area contributed by atoms with Crippen LogP contribution in [0.1, 0.15) is 27.9 Å². The zero-order chi connectivity index (χ0) is 21.3. The van der Waals surface area contributed by atoms with Crippen molar-refractivity contribution in [1.29, 1.82) is 0 Å². The van der Waals surface area contributed by atoms with Gasteiger partial charge in [0, 0.05) is 17.5 Å². The summed E-state index contributed by atoms with van der Waals surface area (Å²) in [5, 5.41) is 16.9. The van der Waals surface area contributed by atoms with E-state index in [9.17, 15) is 18.7 Å². The summed E-state index contributed by atoms with van der Waals surface area (Å²) >= 11 is 0. The predicted molar refractivity (Wildman–Crippen MR) is 107 cm³/mol. The topological polar surface area (TPSA) is 62.1 Å². The van der Waals surface area contributed by atoms with Gasteiger partial charge in [-0.3, -0.25) is 4.79 Å². The number of hydrogen-bond donors (Lipinski definition) is 1. The minimum Gasteiger partial charge on any atom is -0.497 e. The molecule has 0 spiro atoms. The molecule has 1 aliphatic heterocycles. The zero-order valence-electron chi connectivity index (χ0n) is 16.0. The van der Waals surface area contributed by atoms with Crippen molar-refractivity contribution in [3.63, 3.8) is 0 Å². The number of nitrogens with zero attached hydrogens (tertiary/aromatic N) is 2. The first-order valence-corrected chi connectivity index (χ1v) is 9.21. The molecule has 152 valence electrons. The smallest absolute Gasteiger partial charge is 0.276 e. The number of carbonyl (C=O) groups excluding carboxylic acids is 1. The molecule has 3 aromatic carbocycles. The molecule has 4 rings (SSSR count). The van der Waals surface area contributed by atoms with Crippen molar-refractivity contribution in [3.05, 3.63) is 101 Å². The van der Waals surface area contributed by atoms with Gasteiger partial charge in [-0.2, -0.15) is 10.1 Å². The fourth-order valence-electron chi connectivity index (χ4n) is 3.36. The molecule has 1 N–H and O–H groups in total. The van der Waals surface area contributed by atoms with Gasteiger partial charge in [0.1, 0.15) is 17.4 Å². The lowest BCUT2D eigenvalue weighted by Gasteiger charge is -2.31. The molecule has 1 amide bonds. The standard InChI is InChI=1S/C23H18F2N2O3/c1-30-20-12-4-16(5-13-20)22(28)27-23(29,17-6-10-19(25)11-7-17)14-21(26-27)15-2-8-18(24)9-3-15/h2-13,29H,14H2,1H3. The quantitative estimate of drug-likeness (QED) is 0.708. The number of hydrazone groups is 1. The van der Waals surface area contributed by atoms with E-state index in [4.69, 9.17) is 4.74 Å². The fourth-order valence-corrected chi connectivity index (χ4v) is 3.36. The molecule has 0 aliphatic carbocycles. The lowest BCUT2D eigenvalue weighted by Crippen LogP contribution is -2.43. The van der Waals surface area contributed by atoms with Crippen LogP contribution in [0.3, 0.4) is 0 Å². The molecule has 1 atom stereocenters. The number of carbonyl (C=O) groups is 1. The van der Waals surface area contributed by atoms with Gasteiger partial charge in [-0.25, -0.2) is 8.78 Å². The third-order valence-electron chi connectivity index (χ3n) is 5.00. The first-order valence-electron chi connectivity index (χ1n) is 9.21. The van der Waals surface area contributed by atoms with Crippen LogP contribution in [0, 0.1) is 11.6 Å². The van der Waals surface area contributed by atoms with Gasteiger partial charge in [0.15, 0.2) is 5.72 Å². The summed E-state index contributed by atoms with van der Waals surface area (Å²) in [6, 6.07) is 17.2. The summed E-state index contributed by atoms with van der Waals surface area (Å²) in [5.41, 5.74) is -0.244. The van der Waals surface area contributed by atoms with Crippen molar-refractivity contribution in [2.24, 2.45) is 5.10 Å². The van der Waals surface area contributed by atoms with Crippen molar-refractivity contribution < 1.29 is 23.4 Å². The predicted octanol–water partition coefficient (Wildman–Crippen LogP) is 4.07. The maximum Gasteiger partial charge on any atom is 0.276 e. The Morgan fingerprint density at radius 1 is 0.967 bits per heavy atom. The van der Waals surface area contributed by atoms with E-state index in [1.807, 2.05) is 0 Å². The van der Waals surface area contributed by atoms with Crippen LogP contribution in [0.4, 0.5) is 8.78 Å². The maximum atomic E-state index is 13.4. The van der Waals surface area contributed by atoms with Gasteiger partial charge in [-0.05, 0) is 54.1 Å². The van der Waals surface area contributed by atoms with Gasteiger partial charge >= 0.3 is 0 Å². The van der Waals surface area contributed by atoms with Crippen LogP contribution >= 0.6 is 0 Å². The van der Waals surface area contributed by atoms with Gasteiger partial charge in [0.25, 0.3) is 5.91 Å². The normalized spacial score (nSPS) is 18.3. The first-order chi connectivity index (χ1) is 14.4. The van der Waals surface area contributed by atoms with Crippen LogP contribution in [-0.2, 0) is 5.72 Å². The van der Waals surface area contributed by atoms with E-state index in [-0.39, 0.29) is 6.42 Å². The van der Waals surface area contributed by atoms with Gasteiger partial charge in [0.2, 0.25) is 0 Å². The highest BCUT2D eigenvalue weighted by Crippen LogP contribution is 2.38. The molecular formula is C23H18F2N2O3. The Kier molecular flexibility index (Phi) is 5.05. The fraction of sp³-hybridized carbons (Fsp3) is 0.130. The van der Waals surface area contributed by atoms with Gasteiger partial charge in [-0.1, -0.05) is 24.3 Å². The van der Waals surface area contributed by atoms with Gasteiger partial charge in [-0.15, -0.1) is 0 Å². The summed E-state index contributed by atoms with van der Waals surface area (Å²) in [4.78, 5) is 13.2. The molecule has 30 heavy (non-hydrogen) atoms. The molecule has 0 fully saturated rings. The van der Waals surface area contributed by atoms with Gasteiger partial charge in [0.05, 0.1) is 12.8 Å². The van der Waals surface area contributed by atoms with Crippen molar-refractivity contribution in [2.75, 3.05) is 7.11 Å². The van der Waals surface area contributed by atoms with Crippen LogP contribution in [0.2, 0.25) is 0 Å². The number of ether oxygens (including phenoxy) is 1. The van der Waals surface area contributed by atoms with Crippen LogP contribution in [-0.4, -0.2) is 28.8 Å². The monoisotopic (exact) mass is 408 g/mol. The van der Waals surface area contributed by atoms with E-state index in [2.05, 4.69) is 5.10 Å². The number of hydrogen-bond acceptors (Lipinski definition) is 4. The number of halogens is 2. The van der Waals surface area contributed by atoms with Crippen LogP contribution < -0.4 is 4.74 Å². The highest BCUT2D eigenvalue weighted by molar-refractivity contribution is 6.05. The maximum absolute atomic E-state index is 13.4. The minimum atomic E-state index is -1.82. The Morgan fingerprint density at radius 3 is 2.10 bits per heavy atom. The molecule has 3 aromatic rings. The van der Waals surface area contributed by atoms with Crippen molar-refractivity contribution in [3.8, 4) is 5.75 Å². The minimum absolute atomic E-state index is 0.0356. The average molecular weight is 408 g/mol. The lowest BCUT2D eigenvalue weighted by atomic mass is 9.94. The highest BCUT2D eigenvalue weighted by atomic mass is 19.1. The molecule has 1 aliphatic rings. The Labute approximate surface area is 171 Å². The lowest BCUT2D eigenvalue weighted by molar-refractivity contribution is -0.0765. The second kappa shape index (κ2) is 7.68. The van der Waals surface area contributed by atoms with Crippen molar-refractivity contribution >= 4 is 11.6 Å². The summed E-state index contributed by atoms with van der Waals surface area (Å²) in [7, 11) is 1.52. The number of benzene rings is 3. The summed E-state index contributed by atoms with van der Waals surface area (Å²) in [6.45, 7) is 0. The Balaban J connectivity index is 1.77. The molecule has 7 heteroatoms. The summed E-state index contributed by atoms with van der Waals surface area (Å²) in [6.07, 6.45) is -0.0356. The second-order valence-corrected chi connectivity index (χ2v) is 6.90. The molecule has 5 nitrogen and oxygen atoms in total. The zero-order valence-corrected chi connectivity index (χ0v) is 16.0. The molecule has 1 heterocycles. The third kappa shape index (κ3) is 3.55. The summed E-state index contributed by atoms with van der Waals surface area (Å²) in [5.74, 6) is -0.829. The number of aliphatic hydroxyl groups is 1. The molecule has 0 saturated heterocycles. The Bertz CT molecular complexity index is 1100. The summed E-state index contributed by atoms with van der Waals surface area (Å²) < 4.78 is 31.9. The molecule has 0 saturated carbocycles. The Hall–Kier alpha value is -3.58. The molecular weight excluding hydrogens is 390 g/mol. The first kappa shape index (κ1) is 19.7. The Morgan fingerprint density at radius 2 is 1.53 bits per heavy atom. The molecule has 0 bridgehead atoms. The van der Waals surface area contributed by atoms with Gasteiger partial charge < -0.3 is 9.84 Å². The van der Waals surface area contributed by atoms with Crippen LogP contribution in [0.25, 0.3) is 0 Å². The number of rotatable bonds is 4. The van der Waals surface area contributed by atoms with E-state index in [1.165, 1.54) is 55.6 Å². The van der Waals surface area contributed by atoms with Crippen molar-refractivity contribution in [1.82, 2.24) is 5.01 Å². The van der Waals surface area contributed by atoms with E-state index < -0.39 is 23.3 Å². The molecule has 1 unspecified atom stereocenters. The largest absolute Gasteiger partial charge is 0.497 e. The third-order valence-corrected chi connectivity index (χ3v) is 5.00. The SMILES string of the molecule is COc1ccc(C(=O)N2N=C(c3ccc(F)cc3)CC2(O)c2ccc(F)cc2)cc1. The van der Waals surface area contributed by atoms with E-state index >= 15 is 0 Å². The van der Waals surface area contributed by atoms with Crippen molar-refractivity contribution in [2.45, 2.75) is 12.1 Å². The van der Waals surface area contributed by atoms with Crippen LogP contribution in [0.5, 0.6) is 5.75 Å². The highest BCUT2D eigenvalue weighted by Gasteiger charge is 2.46. The number of methoxy groups -OCH3 is 1. The number of amides is 1. The molecule has 0 radical (unpaired) electrons. The molecule has 0 aromatic heterocycles.